The van der Waals surface area contributed by atoms with Gasteiger partial charge in [-0.25, -0.2) is 9.97 Å². The number of amides is 1. The molecule has 0 unspecified atom stereocenters. The number of ether oxygens (including phenoxy) is 1. The SMILES string of the molecule is CCn1cc(-c2ncnc3cc(OC)c(NC(=O)c4cccnc4)cc23)c(-c2ccccc2)n1. The zero-order valence-electron chi connectivity index (χ0n) is 18.8. The van der Waals surface area contributed by atoms with Crippen molar-refractivity contribution in [3.05, 3.63) is 85.1 Å². The lowest BCUT2D eigenvalue weighted by Gasteiger charge is -2.13. The highest BCUT2D eigenvalue weighted by Gasteiger charge is 2.19. The fourth-order valence-electron chi connectivity index (χ4n) is 3.82. The summed E-state index contributed by atoms with van der Waals surface area (Å²) in [6.45, 7) is 2.77. The number of carbonyl (C=O) groups excluding carboxylic acids is 1. The summed E-state index contributed by atoms with van der Waals surface area (Å²) in [5.74, 6) is 0.217. The molecule has 8 nitrogen and oxygen atoms in total. The van der Waals surface area contributed by atoms with Gasteiger partial charge < -0.3 is 10.1 Å². The number of hydrogen-bond donors (Lipinski definition) is 1. The Balaban J connectivity index is 1.66. The first-order valence-corrected chi connectivity index (χ1v) is 10.8. The molecule has 0 atom stereocenters. The maximum absolute atomic E-state index is 12.8. The molecular weight excluding hydrogens is 428 g/mol. The van der Waals surface area contributed by atoms with Crippen molar-refractivity contribution in [2.75, 3.05) is 12.4 Å². The third-order valence-corrected chi connectivity index (χ3v) is 5.52. The van der Waals surface area contributed by atoms with E-state index in [1.165, 1.54) is 12.5 Å². The Morgan fingerprint density at radius 2 is 1.91 bits per heavy atom. The molecule has 5 rings (SSSR count). The number of anilines is 1. The minimum absolute atomic E-state index is 0.284. The van der Waals surface area contributed by atoms with E-state index in [-0.39, 0.29) is 5.91 Å². The molecule has 0 spiro atoms. The van der Waals surface area contributed by atoms with Crippen LogP contribution in [0.25, 0.3) is 33.4 Å². The maximum Gasteiger partial charge on any atom is 0.257 e. The molecule has 168 valence electrons. The van der Waals surface area contributed by atoms with E-state index < -0.39 is 0 Å². The van der Waals surface area contributed by atoms with Crippen molar-refractivity contribution in [1.29, 1.82) is 0 Å². The first-order chi connectivity index (χ1) is 16.7. The van der Waals surface area contributed by atoms with Crippen molar-refractivity contribution in [2.45, 2.75) is 13.5 Å². The highest BCUT2D eigenvalue weighted by atomic mass is 16.5. The van der Waals surface area contributed by atoms with E-state index >= 15 is 0 Å². The van der Waals surface area contributed by atoms with E-state index in [9.17, 15) is 4.79 Å². The Hall–Kier alpha value is -4.59. The van der Waals surface area contributed by atoms with Crippen molar-refractivity contribution in [3.8, 4) is 28.3 Å². The zero-order valence-corrected chi connectivity index (χ0v) is 18.8. The van der Waals surface area contributed by atoms with Gasteiger partial charge in [0.15, 0.2) is 0 Å². The van der Waals surface area contributed by atoms with Crippen LogP contribution in [-0.4, -0.2) is 37.7 Å². The largest absolute Gasteiger partial charge is 0.494 e. The molecule has 0 fully saturated rings. The normalized spacial score (nSPS) is 10.9. The van der Waals surface area contributed by atoms with Gasteiger partial charge in [0, 0.05) is 47.7 Å². The average Bonchev–Trinajstić information content (AvgIpc) is 3.33. The topological polar surface area (TPSA) is 94.8 Å². The van der Waals surface area contributed by atoms with Gasteiger partial charge in [-0.2, -0.15) is 5.10 Å². The van der Waals surface area contributed by atoms with Gasteiger partial charge in [-0.1, -0.05) is 30.3 Å². The van der Waals surface area contributed by atoms with Crippen LogP contribution in [-0.2, 0) is 6.54 Å². The third kappa shape index (κ3) is 3.97. The summed E-state index contributed by atoms with van der Waals surface area (Å²) in [5, 5.41) is 8.49. The Morgan fingerprint density at radius 1 is 1.06 bits per heavy atom. The van der Waals surface area contributed by atoms with Crippen LogP contribution in [0.4, 0.5) is 5.69 Å². The van der Waals surface area contributed by atoms with E-state index in [4.69, 9.17) is 9.84 Å². The Kier molecular flexibility index (Phi) is 5.70. The summed E-state index contributed by atoms with van der Waals surface area (Å²) in [6.07, 6.45) is 6.66. The minimum Gasteiger partial charge on any atom is -0.494 e. The van der Waals surface area contributed by atoms with Gasteiger partial charge in [-0.15, -0.1) is 0 Å². The molecule has 0 bridgehead atoms. The van der Waals surface area contributed by atoms with Crippen LogP contribution in [0.5, 0.6) is 5.75 Å². The molecule has 0 aliphatic heterocycles. The van der Waals surface area contributed by atoms with Gasteiger partial charge in [0.2, 0.25) is 0 Å². The number of pyridine rings is 1. The van der Waals surface area contributed by atoms with Crippen molar-refractivity contribution in [2.24, 2.45) is 0 Å². The van der Waals surface area contributed by atoms with E-state index in [0.29, 0.717) is 22.5 Å². The van der Waals surface area contributed by atoms with Gasteiger partial charge in [-0.3, -0.25) is 14.5 Å². The van der Waals surface area contributed by atoms with Crippen LogP contribution in [0.3, 0.4) is 0 Å². The van der Waals surface area contributed by atoms with Gasteiger partial charge >= 0.3 is 0 Å². The lowest BCUT2D eigenvalue weighted by Crippen LogP contribution is -2.13. The summed E-state index contributed by atoms with van der Waals surface area (Å²) in [7, 11) is 1.56. The van der Waals surface area contributed by atoms with Crippen LogP contribution in [0.2, 0.25) is 0 Å². The minimum atomic E-state index is -0.284. The Labute approximate surface area is 196 Å². The van der Waals surface area contributed by atoms with Crippen LogP contribution < -0.4 is 10.1 Å². The second kappa shape index (κ2) is 9.11. The summed E-state index contributed by atoms with van der Waals surface area (Å²) in [6, 6.07) is 17.1. The highest BCUT2D eigenvalue weighted by molar-refractivity contribution is 6.07. The van der Waals surface area contributed by atoms with Crippen molar-refractivity contribution < 1.29 is 9.53 Å². The molecule has 1 N–H and O–H groups in total. The van der Waals surface area contributed by atoms with E-state index in [0.717, 1.165) is 34.4 Å². The number of benzene rings is 2. The first-order valence-electron chi connectivity index (χ1n) is 10.8. The number of nitrogens with one attached hydrogen (secondary N) is 1. The van der Waals surface area contributed by atoms with E-state index in [2.05, 4.69) is 20.3 Å². The number of aryl methyl sites for hydroxylation is 1. The monoisotopic (exact) mass is 450 g/mol. The number of carbonyl (C=O) groups is 1. The van der Waals surface area contributed by atoms with Gasteiger partial charge in [0.25, 0.3) is 5.91 Å². The number of nitrogens with zero attached hydrogens (tertiary/aromatic N) is 5. The predicted molar refractivity (Wildman–Crippen MR) is 131 cm³/mol. The fraction of sp³-hybridized carbons (Fsp3) is 0.115. The predicted octanol–water partition coefficient (Wildman–Crippen LogP) is 4.84. The standard InChI is InChI=1S/C26H22N6O2/c1-3-32-15-20(24(31-32)17-8-5-4-6-9-17)25-19-12-22(23(34-2)13-21(19)28-16-29-25)30-26(33)18-10-7-11-27-14-18/h4-16H,3H2,1-2H3,(H,30,33). The molecule has 0 aliphatic rings. The van der Waals surface area contributed by atoms with Crippen molar-refractivity contribution >= 4 is 22.5 Å². The number of fused-ring (bicyclic) bond motifs is 1. The van der Waals surface area contributed by atoms with Crippen LogP contribution in [0.15, 0.2) is 79.5 Å². The molecule has 34 heavy (non-hydrogen) atoms. The maximum atomic E-state index is 12.8. The van der Waals surface area contributed by atoms with E-state index in [1.54, 1.807) is 31.5 Å². The molecule has 5 aromatic rings. The molecule has 2 aromatic carbocycles. The highest BCUT2D eigenvalue weighted by Crippen LogP contribution is 2.37. The molecular formula is C26H22N6O2. The fourth-order valence-corrected chi connectivity index (χ4v) is 3.82. The van der Waals surface area contributed by atoms with Gasteiger partial charge in [-0.05, 0) is 25.1 Å². The van der Waals surface area contributed by atoms with Gasteiger partial charge in [0.05, 0.1) is 29.6 Å². The van der Waals surface area contributed by atoms with Crippen molar-refractivity contribution in [3.63, 3.8) is 0 Å². The molecule has 0 saturated carbocycles. The van der Waals surface area contributed by atoms with E-state index in [1.807, 2.05) is 54.2 Å². The molecule has 0 aliphatic carbocycles. The quantitative estimate of drug-likeness (QED) is 0.398. The summed E-state index contributed by atoms with van der Waals surface area (Å²) in [4.78, 5) is 25.9. The van der Waals surface area contributed by atoms with Crippen LogP contribution in [0, 0.1) is 0 Å². The second-order valence-electron chi connectivity index (χ2n) is 7.60. The summed E-state index contributed by atoms with van der Waals surface area (Å²) in [5.41, 5.74) is 5.10. The number of rotatable bonds is 6. The zero-order chi connectivity index (χ0) is 23.5. The van der Waals surface area contributed by atoms with Crippen LogP contribution >= 0.6 is 0 Å². The third-order valence-electron chi connectivity index (χ3n) is 5.52. The smallest absolute Gasteiger partial charge is 0.257 e. The molecule has 0 saturated heterocycles. The number of hydrogen-bond acceptors (Lipinski definition) is 6. The summed E-state index contributed by atoms with van der Waals surface area (Å²) >= 11 is 0. The molecule has 1 amide bonds. The summed E-state index contributed by atoms with van der Waals surface area (Å²) < 4.78 is 7.43. The number of methoxy groups -OCH3 is 1. The molecule has 0 radical (unpaired) electrons. The van der Waals surface area contributed by atoms with Crippen LogP contribution in [0.1, 0.15) is 17.3 Å². The van der Waals surface area contributed by atoms with Gasteiger partial charge in [0.1, 0.15) is 17.8 Å². The lowest BCUT2D eigenvalue weighted by atomic mass is 10.0. The molecule has 3 heterocycles. The Morgan fingerprint density at radius 3 is 2.65 bits per heavy atom. The Bertz CT molecular complexity index is 1470. The first kappa shape index (κ1) is 21.3. The van der Waals surface area contributed by atoms with Crippen molar-refractivity contribution in [1.82, 2.24) is 24.7 Å². The molecule has 3 aromatic heterocycles. The lowest BCUT2D eigenvalue weighted by molar-refractivity contribution is 0.102. The number of aromatic nitrogens is 5. The molecule has 8 heteroatoms. The second-order valence-corrected chi connectivity index (χ2v) is 7.60. The average molecular weight is 451 g/mol.